The summed E-state index contributed by atoms with van der Waals surface area (Å²) in [5.41, 5.74) is 6.24. The topological polar surface area (TPSA) is 82.2 Å². The minimum Gasteiger partial charge on any atom is -0.482 e. The van der Waals surface area contributed by atoms with Crippen LogP contribution in [0.1, 0.15) is 5.82 Å². The van der Waals surface area contributed by atoms with Crippen molar-refractivity contribution in [3.8, 4) is 5.75 Å². The maximum Gasteiger partial charge on any atom is 0.257 e. The Balaban J connectivity index is 1.71. The fourth-order valence-electron chi connectivity index (χ4n) is 1.76. The van der Waals surface area contributed by atoms with Gasteiger partial charge in [0.25, 0.3) is 5.91 Å². The summed E-state index contributed by atoms with van der Waals surface area (Å²) in [6.45, 7) is 0.478. The molecule has 0 aliphatic rings. The molecule has 1 aromatic heterocycles. The highest BCUT2D eigenvalue weighted by Crippen LogP contribution is 2.19. The van der Waals surface area contributed by atoms with Gasteiger partial charge in [-0.15, -0.1) is 0 Å². The Morgan fingerprint density at radius 3 is 2.95 bits per heavy atom. The smallest absolute Gasteiger partial charge is 0.257 e. The highest BCUT2D eigenvalue weighted by Gasteiger charge is 2.05. The van der Waals surface area contributed by atoms with Crippen LogP contribution in [-0.4, -0.2) is 28.6 Å². The summed E-state index contributed by atoms with van der Waals surface area (Å²) in [5, 5.41) is 2.78. The lowest BCUT2D eigenvalue weighted by atomic mass is 10.3. The van der Waals surface area contributed by atoms with Gasteiger partial charge in [0.05, 0.1) is 5.69 Å². The minimum atomic E-state index is -0.178. The molecule has 0 saturated carbocycles. The molecule has 1 amide bonds. The van der Waals surface area contributed by atoms with E-state index in [-0.39, 0.29) is 12.5 Å². The number of carbonyl (C=O) groups excluding carboxylic acids is 1. The predicted molar refractivity (Wildman–Crippen MR) is 76.3 cm³/mol. The molecule has 0 bridgehead atoms. The number of aromatic nitrogens is 2. The molecule has 0 unspecified atom stereocenters. The predicted octanol–water partition coefficient (Wildman–Crippen LogP) is 0.740. The van der Waals surface area contributed by atoms with Crippen molar-refractivity contribution < 1.29 is 9.53 Å². The van der Waals surface area contributed by atoms with Crippen LogP contribution in [0.4, 0.5) is 5.69 Å². The van der Waals surface area contributed by atoms with Gasteiger partial charge in [0.2, 0.25) is 0 Å². The lowest BCUT2D eigenvalue weighted by molar-refractivity contribution is -0.123. The average molecular weight is 274 g/mol. The van der Waals surface area contributed by atoms with E-state index in [9.17, 15) is 4.79 Å². The first-order chi connectivity index (χ1) is 9.66. The Labute approximate surface area is 117 Å². The van der Waals surface area contributed by atoms with E-state index in [4.69, 9.17) is 10.5 Å². The van der Waals surface area contributed by atoms with Gasteiger partial charge in [-0.25, -0.2) is 4.98 Å². The third-order valence-electron chi connectivity index (χ3n) is 2.87. The van der Waals surface area contributed by atoms with E-state index >= 15 is 0 Å². The average Bonchev–Trinajstić information content (AvgIpc) is 2.84. The van der Waals surface area contributed by atoms with Crippen LogP contribution >= 0.6 is 0 Å². The highest BCUT2D eigenvalue weighted by molar-refractivity contribution is 5.77. The molecular formula is C14H18N4O2. The standard InChI is InChI=1S/C14H18N4O2/c1-18-9-8-16-13(18)6-7-17-14(19)10-20-12-5-3-2-4-11(12)15/h2-5,8-9H,6-7,10,15H2,1H3,(H,17,19). The van der Waals surface area contributed by atoms with Gasteiger partial charge < -0.3 is 20.4 Å². The molecule has 2 rings (SSSR count). The molecule has 0 radical (unpaired) electrons. The van der Waals surface area contributed by atoms with Gasteiger partial charge in [-0.1, -0.05) is 12.1 Å². The summed E-state index contributed by atoms with van der Waals surface area (Å²) < 4.78 is 7.28. The molecule has 3 N–H and O–H groups in total. The van der Waals surface area contributed by atoms with E-state index in [0.717, 1.165) is 5.82 Å². The van der Waals surface area contributed by atoms with Crippen molar-refractivity contribution in [2.24, 2.45) is 7.05 Å². The largest absolute Gasteiger partial charge is 0.482 e. The molecule has 0 fully saturated rings. The second-order valence-electron chi connectivity index (χ2n) is 4.38. The molecule has 0 aliphatic carbocycles. The summed E-state index contributed by atoms with van der Waals surface area (Å²) in [6, 6.07) is 7.09. The van der Waals surface area contributed by atoms with Gasteiger partial charge in [-0.3, -0.25) is 4.79 Å². The third kappa shape index (κ3) is 3.74. The molecule has 6 heteroatoms. The number of aryl methyl sites for hydroxylation is 1. The van der Waals surface area contributed by atoms with Gasteiger partial charge in [0.15, 0.2) is 6.61 Å². The van der Waals surface area contributed by atoms with Crippen LogP contribution in [0.3, 0.4) is 0 Å². The first-order valence-electron chi connectivity index (χ1n) is 6.37. The Bertz CT molecular complexity index is 580. The second kappa shape index (κ2) is 6.60. The molecule has 20 heavy (non-hydrogen) atoms. The number of carbonyl (C=O) groups is 1. The molecule has 1 heterocycles. The van der Waals surface area contributed by atoms with Gasteiger partial charge in [-0.2, -0.15) is 0 Å². The Hall–Kier alpha value is -2.50. The fourth-order valence-corrected chi connectivity index (χ4v) is 1.76. The number of amides is 1. The summed E-state index contributed by atoms with van der Waals surface area (Å²) >= 11 is 0. The molecule has 0 saturated heterocycles. The molecule has 1 aromatic carbocycles. The van der Waals surface area contributed by atoms with Crippen LogP contribution in [-0.2, 0) is 18.3 Å². The van der Waals surface area contributed by atoms with E-state index < -0.39 is 0 Å². The summed E-state index contributed by atoms with van der Waals surface area (Å²) in [4.78, 5) is 15.8. The number of nitrogens with one attached hydrogen (secondary N) is 1. The summed E-state index contributed by atoms with van der Waals surface area (Å²) in [5.74, 6) is 1.27. The van der Waals surface area contributed by atoms with Crippen molar-refractivity contribution in [2.75, 3.05) is 18.9 Å². The van der Waals surface area contributed by atoms with Crippen molar-refractivity contribution in [1.82, 2.24) is 14.9 Å². The van der Waals surface area contributed by atoms with Crippen LogP contribution in [0.5, 0.6) is 5.75 Å². The number of rotatable bonds is 6. The lowest BCUT2D eigenvalue weighted by Gasteiger charge is -2.09. The molecule has 0 atom stereocenters. The molecule has 0 aliphatic heterocycles. The van der Waals surface area contributed by atoms with Crippen LogP contribution in [0.15, 0.2) is 36.7 Å². The number of nitrogen functional groups attached to an aromatic ring is 1. The highest BCUT2D eigenvalue weighted by atomic mass is 16.5. The Morgan fingerprint density at radius 2 is 2.25 bits per heavy atom. The zero-order valence-corrected chi connectivity index (χ0v) is 11.4. The van der Waals surface area contributed by atoms with Crippen LogP contribution in [0, 0.1) is 0 Å². The molecule has 106 valence electrons. The monoisotopic (exact) mass is 274 g/mol. The number of benzene rings is 1. The zero-order valence-electron chi connectivity index (χ0n) is 11.4. The number of ether oxygens (including phenoxy) is 1. The van der Waals surface area contributed by atoms with Crippen LogP contribution in [0.25, 0.3) is 0 Å². The first kappa shape index (κ1) is 13.9. The van der Waals surface area contributed by atoms with E-state index in [0.29, 0.717) is 24.4 Å². The quantitative estimate of drug-likeness (QED) is 0.761. The Kier molecular flexibility index (Phi) is 4.60. The molecule has 6 nitrogen and oxygen atoms in total. The third-order valence-corrected chi connectivity index (χ3v) is 2.87. The van der Waals surface area contributed by atoms with Crippen molar-refractivity contribution >= 4 is 11.6 Å². The maximum atomic E-state index is 11.6. The summed E-state index contributed by atoms with van der Waals surface area (Å²) in [7, 11) is 1.92. The zero-order chi connectivity index (χ0) is 14.4. The van der Waals surface area contributed by atoms with Crippen molar-refractivity contribution in [2.45, 2.75) is 6.42 Å². The number of anilines is 1. The number of nitrogens with two attached hydrogens (primary N) is 1. The second-order valence-corrected chi connectivity index (χ2v) is 4.38. The van der Waals surface area contributed by atoms with E-state index in [2.05, 4.69) is 10.3 Å². The molecule has 2 aromatic rings. The Morgan fingerprint density at radius 1 is 1.45 bits per heavy atom. The van der Waals surface area contributed by atoms with E-state index in [1.54, 1.807) is 18.3 Å². The first-order valence-corrected chi connectivity index (χ1v) is 6.37. The summed E-state index contributed by atoms with van der Waals surface area (Å²) in [6.07, 6.45) is 4.29. The molecule has 0 spiro atoms. The maximum absolute atomic E-state index is 11.6. The van der Waals surface area contributed by atoms with Crippen molar-refractivity contribution in [3.63, 3.8) is 0 Å². The van der Waals surface area contributed by atoms with Gasteiger partial charge in [-0.05, 0) is 12.1 Å². The van der Waals surface area contributed by atoms with Gasteiger partial charge in [0, 0.05) is 32.4 Å². The van der Waals surface area contributed by atoms with Crippen LogP contribution in [0.2, 0.25) is 0 Å². The van der Waals surface area contributed by atoms with E-state index in [1.165, 1.54) is 0 Å². The minimum absolute atomic E-state index is 0.0468. The SMILES string of the molecule is Cn1ccnc1CCNC(=O)COc1ccccc1N. The fraction of sp³-hybridized carbons (Fsp3) is 0.286. The van der Waals surface area contributed by atoms with Gasteiger partial charge in [0.1, 0.15) is 11.6 Å². The number of para-hydroxylation sites is 2. The van der Waals surface area contributed by atoms with Gasteiger partial charge >= 0.3 is 0 Å². The number of hydrogen-bond acceptors (Lipinski definition) is 4. The number of imidazole rings is 1. The van der Waals surface area contributed by atoms with Crippen LogP contribution < -0.4 is 15.8 Å². The van der Waals surface area contributed by atoms with Crippen molar-refractivity contribution in [1.29, 1.82) is 0 Å². The molecular weight excluding hydrogens is 256 g/mol. The lowest BCUT2D eigenvalue weighted by Crippen LogP contribution is -2.31. The van der Waals surface area contributed by atoms with Crippen molar-refractivity contribution in [3.05, 3.63) is 42.5 Å². The van der Waals surface area contributed by atoms with E-state index in [1.807, 2.05) is 29.9 Å². The normalized spacial score (nSPS) is 10.2. The number of hydrogen-bond donors (Lipinski definition) is 2. The number of nitrogens with zero attached hydrogens (tertiary/aromatic N) is 2.